The summed E-state index contributed by atoms with van der Waals surface area (Å²) in [5.41, 5.74) is -0.884. The molecule has 0 spiro atoms. The van der Waals surface area contributed by atoms with Crippen LogP contribution in [0.25, 0.3) is 0 Å². The number of pyridine rings is 2. The van der Waals surface area contributed by atoms with Crippen molar-refractivity contribution in [3.63, 3.8) is 0 Å². The number of hydrogen-bond acceptors (Lipinski definition) is 19. The van der Waals surface area contributed by atoms with E-state index in [4.69, 9.17) is 14.2 Å². The van der Waals surface area contributed by atoms with Crippen LogP contribution in [0.15, 0.2) is 111 Å². The molecular formula is C55H60F6N16O7. The summed E-state index contributed by atoms with van der Waals surface area (Å²) in [5.74, 6) is -0.613. The van der Waals surface area contributed by atoms with Crippen LogP contribution < -0.4 is 51.2 Å². The van der Waals surface area contributed by atoms with E-state index in [0.29, 0.717) is 99.1 Å². The Kier molecular flexibility index (Phi) is 19.6. The zero-order valence-corrected chi connectivity index (χ0v) is 46.4. The van der Waals surface area contributed by atoms with Gasteiger partial charge in [0.05, 0.1) is 14.2 Å². The largest absolute Gasteiger partial charge is 0.479 e. The first-order chi connectivity index (χ1) is 39.8. The van der Waals surface area contributed by atoms with Crippen LogP contribution in [0.2, 0.25) is 0 Å². The van der Waals surface area contributed by atoms with Gasteiger partial charge in [-0.15, -0.1) is 0 Å². The molecule has 4 amide bonds. The highest BCUT2D eigenvalue weighted by Gasteiger charge is 2.37. The average molecular weight is 1170 g/mol. The van der Waals surface area contributed by atoms with Gasteiger partial charge in [0.2, 0.25) is 41.4 Å². The third-order valence-corrected chi connectivity index (χ3v) is 12.2. The van der Waals surface area contributed by atoms with Crippen molar-refractivity contribution in [2.75, 3.05) is 108 Å². The van der Waals surface area contributed by atoms with E-state index in [1.165, 1.54) is 45.4 Å². The zero-order chi connectivity index (χ0) is 60.9. The predicted octanol–water partition coefficient (Wildman–Crippen LogP) is 9.75. The van der Waals surface area contributed by atoms with Gasteiger partial charge in [0.15, 0.2) is 0 Å². The Labute approximate surface area is 478 Å². The van der Waals surface area contributed by atoms with Crippen LogP contribution in [0.3, 0.4) is 0 Å². The van der Waals surface area contributed by atoms with E-state index < -0.39 is 52.5 Å². The van der Waals surface area contributed by atoms with Gasteiger partial charge in [0.25, 0.3) is 0 Å². The fraction of sp³-hybridized carbons (Fsp3) is 0.309. The quantitative estimate of drug-likeness (QED) is 0.0389. The van der Waals surface area contributed by atoms with Gasteiger partial charge in [-0.1, -0.05) is 25.3 Å². The fourth-order valence-corrected chi connectivity index (χ4v) is 8.15. The number of aromatic nitrogens is 6. The number of ether oxygens (including phenoxy) is 3. The second-order valence-electron chi connectivity index (χ2n) is 19.4. The number of alkyl halides is 6. The summed E-state index contributed by atoms with van der Waals surface area (Å²) in [6.07, 6.45) is -6.36. The number of carbonyl (C=O) groups excluding carboxylic acids is 4. The Hall–Kier alpha value is -9.96. The number of nitrogens with zero attached hydrogens (tertiary/aromatic N) is 10. The average Bonchev–Trinajstić information content (AvgIpc) is 3.39. The van der Waals surface area contributed by atoms with Crippen LogP contribution in [-0.4, -0.2) is 136 Å². The van der Waals surface area contributed by atoms with Gasteiger partial charge in [-0.2, -0.15) is 46.3 Å². The minimum Gasteiger partial charge on any atom is -0.479 e. The lowest BCUT2D eigenvalue weighted by molar-refractivity contribution is -0.138. The van der Waals surface area contributed by atoms with Gasteiger partial charge < -0.3 is 65.7 Å². The number of rotatable bonds is 16. The van der Waals surface area contributed by atoms with Crippen molar-refractivity contribution in [2.45, 2.75) is 45.6 Å². The highest BCUT2D eigenvalue weighted by Crippen LogP contribution is 2.39. The molecule has 6 N–H and O–H groups in total. The number of amides is 4. The molecule has 23 nitrogen and oxygen atoms in total. The van der Waals surface area contributed by atoms with E-state index in [-0.39, 0.29) is 47.0 Å². The third kappa shape index (κ3) is 16.8. The normalized spacial score (nSPS) is 13.5. The lowest BCUT2D eigenvalue weighted by Crippen LogP contribution is -2.50. The minimum atomic E-state index is -4.75. The van der Waals surface area contributed by atoms with Gasteiger partial charge in [-0.05, 0) is 93.6 Å². The van der Waals surface area contributed by atoms with Gasteiger partial charge >= 0.3 is 18.4 Å². The lowest BCUT2D eigenvalue weighted by Gasteiger charge is -2.36. The highest BCUT2D eigenvalue weighted by molar-refractivity contribution is 5.99. The predicted molar refractivity (Wildman–Crippen MR) is 304 cm³/mol. The Bertz CT molecular complexity index is 3370. The Morgan fingerprint density at radius 1 is 0.548 bits per heavy atom. The molecule has 8 rings (SSSR count). The Morgan fingerprint density at radius 2 is 0.940 bits per heavy atom. The van der Waals surface area contributed by atoms with Crippen molar-refractivity contribution >= 4 is 93.1 Å². The van der Waals surface area contributed by atoms with E-state index in [9.17, 15) is 45.5 Å². The molecule has 4 aromatic heterocycles. The maximum atomic E-state index is 13.8. The van der Waals surface area contributed by atoms with Gasteiger partial charge in [0, 0.05) is 94.4 Å². The number of methoxy groups -OCH3 is 2. The number of nitrogens with one attached hydrogen (secondary N) is 6. The van der Waals surface area contributed by atoms with E-state index in [1.807, 2.05) is 30.6 Å². The second kappa shape index (κ2) is 26.7. The Balaban J connectivity index is 0.000000242. The molecule has 0 saturated carbocycles. The van der Waals surface area contributed by atoms with Gasteiger partial charge in [-0.3, -0.25) is 14.4 Å². The molecule has 2 aliphatic heterocycles. The van der Waals surface area contributed by atoms with Crippen LogP contribution in [0.5, 0.6) is 11.8 Å². The molecule has 2 saturated heterocycles. The molecule has 29 heteroatoms. The van der Waals surface area contributed by atoms with E-state index in [1.54, 1.807) is 58.3 Å². The van der Waals surface area contributed by atoms with Crippen LogP contribution in [0.1, 0.15) is 38.8 Å². The molecule has 0 bridgehead atoms. The molecule has 2 fully saturated rings. The highest BCUT2D eigenvalue weighted by atomic mass is 19.4. The molecule has 0 unspecified atom stereocenters. The fourth-order valence-electron chi connectivity index (χ4n) is 8.15. The van der Waals surface area contributed by atoms with Crippen LogP contribution in [0.4, 0.5) is 100 Å². The molecule has 0 radical (unpaired) electrons. The molecule has 444 valence electrons. The van der Waals surface area contributed by atoms with Crippen molar-refractivity contribution < 1.29 is 59.7 Å². The number of halogens is 6. The summed E-state index contributed by atoms with van der Waals surface area (Å²) in [6.45, 7) is 18.0. The third-order valence-electron chi connectivity index (χ3n) is 12.2. The summed E-state index contributed by atoms with van der Waals surface area (Å²) < 4.78 is 99.0. The summed E-state index contributed by atoms with van der Waals surface area (Å²) >= 11 is 0. The second-order valence-corrected chi connectivity index (χ2v) is 19.4. The Morgan fingerprint density at radius 3 is 1.30 bits per heavy atom. The molecule has 0 atom stereocenters. The number of hydrogen-bond donors (Lipinski definition) is 6. The standard InChI is InChI=1S/C29H33F3N8O4.C26H27F3N8O3/c1-6-23(41)34-18-8-7-9-19(16-18)35-24-20(29(30,31)32)17-33-26(38-24)36-21-10-11-22(37-25(21)43-5)39-12-14-40(15-13-39)27(42)44-28(2,3)4;1-4-22(39)31-17-6-5-7-18(14-17)32-23-19(26(27,28)29)15-30-25(35-23)33-20-8-9-21(34-24(20)40-3)37-12-10-36(11-13-37)16(2)38/h6-11,16-17H,1,12-15H2,2-5H3,(H,34,41)(H2,33,35,36,38);4-9,14-15H,1,10-13H2,2-3H3,(H,31,39)(H2,30,32,33,35). The summed E-state index contributed by atoms with van der Waals surface area (Å²) in [7, 11) is 2.83. The lowest BCUT2D eigenvalue weighted by atomic mass is 10.2. The molecule has 0 aliphatic carbocycles. The van der Waals surface area contributed by atoms with Crippen molar-refractivity contribution in [1.82, 2.24) is 39.7 Å². The van der Waals surface area contributed by atoms with Crippen molar-refractivity contribution in [2.24, 2.45) is 0 Å². The van der Waals surface area contributed by atoms with Crippen molar-refractivity contribution in [1.29, 1.82) is 0 Å². The number of carbonyl (C=O) groups is 4. The molecule has 2 aromatic carbocycles. The number of anilines is 12. The first-order valence-corrected chi connectivity index (χ1v) is 25.7. The molecular weight excluding hydrogens is 1110 g/mol. The minimum absolute atomic E-state index is 0.0160. The van der Waals surface area contributed by atoms with Crippen molar-refractivity contribution in [3.05, 3.63) is 122 Å². The van der Waals surface area contributed by atoms with Crippen LogP contribution >= 0.6 is 0 Å². The first kappa shape index (κ1) is 61.7. The first-order valence-electron chi connectivity index (χ1n) is 25.7. The monoisotopic (exact) mass is 1170 g/mol. The molecule has 6 aromatic rings. The topological polar surface area (TPSA) is 258 Å². The van der Waals surface area contributed by atoms with Gasteiger partial charge in [-0.25, -0.2) is 14.8 Å². The SMILES string of the molecule is C=CC(=O)Nc1cccc(Nc2nc(Nc3ccc(N4CCN(C(=O)OC(C)(C)C)CC4)nc3OC)ncc2C(F)(F)F)c1.C=CC(=O)Nc1cccc(Nc2nc(Nc3ccc(N4CCN(C(C)=O)CC4)nc3OC)ncc2C(F)(F)F)c1. The zero-order valence-electron chi connectivity index (χ0n) is 46.4. The molecule has 6 heterocycles. The van der Waals surface area contributed by atoms with Gasteiger partial charge in [0.1, 0.15) is 51.4 Å². The summed E-state index contributed by atoms with van der Waals surface area (Å²) in [4.78, 5) is 79.5. The van der Waals surface area contributed by atoms with E-state index in [2.05, 4.69) is 75.0 Å². The van der Waals surface area contributed by atoms with Crippen LogP contribution in [-0.2, 0) is 31.5 Å². The van der Waals surface area contributed by atoms with Crippen LogP contribution in [0, 0.1) is 0 Å². The molecule has 2 aliphatic rings. The smallest absolute Gasteiger partial charge is 0.421 e. The molecule has 84 heavy (non-hydrogen) atoms. The number of piperazine rings is 2. The number of benzene rings is 2. The van der Waals surface area contributed by atoms with E-state index >= 15 is 0 Å². The van der Waals surface area contributed by atoms with E-state index in [0.717, 1.165) is 12.2 Å². The van der Waals surface area contributed by atoms with Crippen molar-refractivity contribution in [3.8, 4) is 11.8 Å². The summed E-state index contributed by atoms with van der Waals surface area (Å²) in [5, 5.41) is 16.2. The maximum Gasteiger partial charge on any atom is 0.421 e. The maximum absolute atomic E-state index is 13.8. The summed E-state index contributed by atoms with van der Waals surface area (Å²) in [6, 6.07) is 19.0.